The fourth-order valence-corrected chi connectivity index (χ4v) is 4.18. The maximum atomic E-state index is 13.7. The van der Waals surface area contributed by atoms with E-state index in [0.29, 0.717) is 49.0 Å². The van der Waals surface area contributed by atoms with Crippen molar-refractivity contribution in [3.63, 3.8) is 0 Å². The molecule has 3 amide bonds. The summed E-state index contributed by atoms with van der Waals surface area (Å²) in [5.74, 6) is -0.231. The van der Waals surface area contributed by atoms with Gasteiger partial charge in [0.25, 0.3) is 17.7 Å². The lowest BCUT2D eigenvalue weighted by Gasteiger charge is -2.37. The predicted molar refractivity (Wildman–Crippen MR) is 128 cm³/mol. The second-order valence-electron chi connectivity index (χ2n) is 8.39. The maximum absolute atomic E-state index is 13.7. The van der Waals surface area contributed by atoms with Gasteiger partial charge in [-0.05, 0) is 48.9 Å². The third-order valence-corrected chi connectivity index (χ3v) is 6.09. The number of aryl methyl sites for hydroxylation is 1. The van der Waals surface area contributed by atoms with E-state index in [1.165, 1.54) is 6.26 Å². The van der Waals surface area contributed by atoms with Crippen molar-refractivity contribution >= 4 is 29.1 Å². The molecule has 3 heterocycles. The second kappa shape index (κ2) is 9.63. The third-order valence-electron chi connectivity index (χ3n) is 6.09. The Hall–Kier alpha value is -4.11. The topological polar surface area (TPSA) is 101 Å². The van der Waals surface area contributed by atoms with Crippen molar-refractivity contribution in [2.75, 3.05) is 43.1 Å². The summed E-state index contributed by atoms with van der Waals surface area (Å²) in [7, 11) is 0. The zero-order chi connectivity index (χ0) is 24.4. The average Bonchev–Trinajstić information content (AvgIpc) is 3.44. The van der Waals surface area contributed by atoms with E-state index in [2.05, 4.69) is 5.32 Å². The highest BCUT2D eigenvalue weighted by Gasteiger charge is 2.36. The van der Waals surface area contributed by atoms with Crippen LogP contribution in [0, 0.1) is 6.92 Å². The summed E-state index contributed by atoms with van der Waals surface area (Å²) in [6.45, 7) is 3.86. The van der Waals surface area contributed by atoms with Crippen LogP contribution in [-0.2, 0) is 9.53 Å². The van der Waals surface area contributed by atoms with Crippen LogP contribution >= 0.6 is 0 Å². The monoisotopic (exact) mass is 475 g/mol. The molecule has 1 fully saturated rings. The molecule has 1 N–H and O–H groups in total. The summed E-state index contributed by atoms with van der Waals surface area (Å²) < 4.78 is 16.5. The molecular formula is C26H25N3O6. The van der Waals surface area contributed by atoms with Crippen molar-refractivity contribution in [3.05, 3.63) is 77.7 Å². The molecule has 2 aliphatic heterocycles. The Morgan fingerprint density at radius 2 is 1.80 bits per heavy atom. The Morgan fingerprint density at radius 3 is 2.57 bits per heavy atom. The molecule has 0 aliphatic carbocycles. The lowest BCUT2D eigenvalue weighted by atomic mass is 10.1. The normalized spacial score (nSPS) is 17.3. The minimum Gasteiger partial charge on any atom is -0.476 e. The van der Waals surface area contributed by atoms with E-state index in [4.69, 9.17) is 13.9 Å². The summed E-state index contributed by atoms with van der Waals surface area (Å²) >= 11 is 0. The molecule has 0 radical (unpaired) electrons. The summed E-state index contributed by atoms with van der Waals surface area (Å²) in [6, 6.07) is 15.5. The van der Waals surface area contributed by atoms with E-state index in [-0.39, 0.29) is 24.1 Å². The number of carbonyl (C=O) groups excluding carboxylic acids is 3. The molecule has 1 saturated heterocycles. The van der Waals surface area contributed by atoms with Crippen LogP contribution in [0.1, 0.15) is 26.5 Å². The van der Waals surface area contributed by atoms with Gasteiger partial charge in [-0.1, -0.05) is 18.2 Å². The first-order chi connectivity index (χ1) is 17.0. The number of hydrogen-bond donors (Lipinski definition) is 1. The maximum Gasteiger partial charge on any atom is 0.291 e. The molecule has 2 aliphatic rings. The van der Waals surface area contributed by atoms with E-state index in [1.807, 2.05) is 13.0 Å². The number of fused-ring (bicyclic) bond motifs is 1. The molecule has 0 saturated carbocycles. The van der Waals surface area contributed by atoms with Crippen molar-refractivity contribution in [1.82, 2.24) is 4.90 Å². The van der Waals surface area contributed by atoms with Gasteiger partial charge in [0.1, 0.15) is 5.75 Å². The summed E-state index contributed by atoms with van der Waals surface area (Å²) in [5.41, 5.74) is 2.26. The van der Waals surface area contributed by atoms with E-state index < -0.39 is 12.0 Å². The summed E-state index contributed by atoms with van der Waals surface area (Å²) in [6.07, 6.45) is 0.599. The molecule has 0 unspecified atom stereocenters. The highest BCUT2D eigenvalue weighted by atomic mass is 16.5. The largest absolute Gasteiger partial charge is 0.476 e. The number of hydrogen-bond acceptors (Lipinski definition) is 6. The van der Waals surface area contributed by atoms with Crippen LogP contribution in [0.5, 0.6) is 5.75 Å². The van der Waals surface area contributed by atoms with Gasteiger partial charge in [-0.15, -0.1) is 0 Å². The standard InChI is InChI=1S/C26H25N3O6/c1-17-8-9-18(15-19(17)27-24(30)22-7-4-12-34-22)25(31)29-16-23(26(32)28-10-13-33-14-11-28)35-21-6-3-2-5-20(21)29/h2-9,12,15,23H,10-11,13-14,16H2,1H3,(H,27,30)/t23-/m0/s1. The molecule has 3 aromatic rings. The number of ether oxygens (including phenoxy) is 2. The lowest BCUT2D eigenvalue weighted by molar-refractivity contribution is -0.142. The third kappa shape index (κ3) is 4.63. The predicted octanol–water partition coefficient (Wildman–Crippen LogP) is 3.11. The number of benzene rings is 2. The van der Waals surface area contributed by atoms with Gasteiger partial charge in [0.2, 0.25) is 0 Å². The second-order valence-corrected chi connectivity index (χ2v) is 8.39. The van der Waals surface area contributed by atoms with Crippen LogP contribution < -0.4 is 15.0 Å². The number of nitrogens with zero attached hydrogens (tertiary/aromatic N) is 2. The quantitative estimate of drug-likeness (QED) is 0.622. The highest BCUT2D eigenvalue weighted by Crippen LogP contribution is 2.35. The van der Waals surface area contributed by atoms with Gasteiger partial charge in [-0.2, -0.15) is 0 Å². The molecular weight excluding hydrogens is 450 g/mol. The van der Waals surface area contributed by atoms with Crippen molar-refractivity contribution in [2.24, 2.45) is 0 Å². The number of anilines is 2. The highest BCUT2D eigenvalue weighted by molar-refractivity contribution is 6.09. The van der Waals surface area contributed by atoms with E-state index in [1.54, 1.807) is 58.3 Å². The number of carbonyl (C=O) groups is 3. The molecule has 180 valence electrons. The Balaban J connectivity index is 1.41. The molecule has 2 aromatic carbocycles. The molecule has 9 heteroatoms. The minimum atomic E-state index is -0.824. The fraction of sp³-hybridized carbons (Fsp3) is 0.269. The van der Waals surface area contributed by atoms with Gasteiger partial charge in [-0.3, -0.25) is 14.4 Å². The summed E-state index contributed by atoms with van der Waals surface area (Å²) in [5, 5.41) is 2.80. The number of nitrogens with one attached hydrogen (secondary N) is 1. The van der Waals surface area contributed by atoms with E-state index in [9.17, 15) is 14.4 Å². The van der Waals surface area contributed by atoms with Gasteiger partial charge in [-0.25, -0.2) is 0 Å². The first-order valence-electron chi connectivity index (χ1n) is 11.4. The van der Waals surface area contributed by atoms with Crippen LogP contribution in [0.2, 0.25) is 0 Å². The van der Waals surface area contributed by atoms with Crippen LogP contribution in [0.15, 0.2) is 65.3 Å². The Labute approximate surface area is 202 Å². The Bertz CT molecular complexity index is 1250. The van der Waals surface area contributed by atoms with Crippen molar-refractivity contribution in [3.8, 4) is 5.75 Å². The number of rotatable bonds is 4. The molecule has 0 bridgehead atoms. The van der Waals surface area contributed by atoms with Gasteiger partial charge < -0.3 is 29.0 Å². The van der Waals surface area contributed by atoms with Crippen LogP contribution in [0.3, 0.4) is 0 Å². The molecule has 5 rings (SSSR count). The van der Waals surface area contributed by atoms with Crippen LogP contribution in [0.4, 0.5) is 11.4 Å². The number of para-hydroxylation sites is 2. The van der Waals surface area contributed by atoms with Gasteiger partial charge >= 0.3 is 0 Å². The number of furan rings is 1. The van der Waals surface area contributed by atoms with E-state index in [0.717, 1.165) is 5.56 Å². The van der Waals surface area contributed by atoms with Crippen LogP contribution in [0.25, 0.3) is 0 Å². The van der Waals surface area contributed by atoms with Crippen molar-refractivity contribution < 1.29 is 28.3 Å². The van der Waals surface area contributed by atoms with Crippen LogP contribution in [-0.4, -0.2) is 61.6 Å². The summed E-state index contributed by atoms with van der Waals surface area (Å²) in [4.78, 5) is 42.6. The first kappa shape index (κ1) is 22.7. The van der Waals surface area contributed by atoms with E-state index >= 15 is 0 Å². The Morgan fingerprint density at radius 1 is 1.00 bits per heavy atom. The molecule has 1 atom stereocenters. The molecule has 1 aromatic heterocycles. The van der Waals surface area contributed by atoms with Gasteiger partial charge in [0.15, 0.2) is 11.9 Å². The zero-order valence-electron chi connectivity index (χ0n) is 19.2. The SMILES string of the molecule is Cc1ccc(C(=O)N2C[C@@H](C(=O)N3CCOCC3)Oc3ccccc32)cc1NC(=O)c1ccco1. The Kier molecular flexibility index (Phi) is 6.24. The molecule has 0 spiro atoms. The fourth-order valence-electron chi connectivity index (χ4n) is 4.18. The average molecular weight is 476 g/mol. The number of morpholine rings is 1. The lowest BCUT2D eigenvalue weighted by Crippen LogP contribution is -2.54. The molecule has 9 nitrogen and oxygen atoms in total. The van der Waals surface area contributed by atoms with Crippen molar-refractivity contribution in [1.29, 1.82) is 0 Å². The van der Waals surface area contributed by atoms with Gasteiger partial charge in [0.05, 0.1) is 31.7 Å². The number of amides is 3. The smallest absolute Gasteiger partial charge is 0.291 e. The molecule has 35 heavy (non-hydrogen) atoms. The minimum absolute atomic E-state index is 0.0774. The van der Waals surface area contributed by atoms with Crippen molar-refractivity contribution in [2.45, 2.75) is 13.0 Å². The zero-order valence-corrected chi connectivity index (χ0v) is 19.2. The van der Waals surface area contributed by atoms with Gasteiger partial charge in [0, 0.05) is 24.3 Å². The first-order valence-corrected chi connectivity index (χ1v) is 11.4.